The molecular formula is C9H9ClO. The van der Waals surface area contributed by atoms with Crippen LogP contribution in [0.15, 0.2) is 30.3 Å². The van der Waals surface area contributed by atoms with Crippen molar-refractivity contribution >= 4 is 17.4 Å². The van der Waals surface area contributed by atoms with Gasteiger partial charge in [-0.15, -0.1) is 11.6 Å². The van der Waals surface area contributed by atoms with E-state index in [4.69, 9.17) is 13.0 Å². The summed E-state index contributed by atoms with van der Waals surface area (Å²) in [6.45, 7) is 0. The predicted molar refractivity (Wildman–Crippen MR) is 46.1 cm³/mol. The molecule has 0 aromatic heterocycles. The lowest BCUT2D eigenvalue weighted by Crippen LogP contribution is -1.98. The largest absolute Gasteiger partial charge is 0.294 e. The number of ketones is 1. The molecule has 1 rings (SSSR count). The van der Waals surface area contributed by atoms with Crippen molar-refractivity contribution < 1.29 is 6.17 Å². The van der Waals surface area contributed by atoms with Gasteiger partial charge in [-0.05, 0) is 0 Å². The van der Waals surface area contributed by atoms with Gasteiger partial charge in [0.1, 0.15) is 0 Å². The number of carbonyl (C=O) groups excluding carboxylic acids is 1. The number of hydrogen-bond acceptors (Lipinski definition) is 1. The molecule has 0 spiro atoms. The van der Waals surface area contributed by atoms with E-state index in [-0.39, 0.29) is 12.2 Å². The molecule has 2 heteroatoms. The summed E-state index contributed by atoms with van der Waals surface area (Å²) in [5.41, 5.74) is 0.621. The normalized spacial score (nSPS) is 13.7. The first kappa shape index (κ1) is 6.86. The van der Waals surface area contributed by atoms with E-state index in [1.54, 1.807) is 24.3 Å². The van der Waals surface area contributed by atoms with E-state index in [1.807, 2.05) is 6.07 Å². The van der Waals surface area contributed by atoms with Gasteiger partial charge in [-0.3, -0.25) is 4.79 Å². The van der Waals surface area contributed by atoms with Crippen molar-refractivity contribution in [2.24, 2.45) is 0 Å². The highest BCUT2D eigenvalue weighted by Gasteiger charge is 2.01. The number of halogens is 1. The van der Waals surface area contributed by atoms with Crippen LogP contribution in [0, 0.1) is 0 Å². The van der Waals surface area contributed by atoms with Gasteiger partial charge in [0.25, 0.3) is 0 Å². The van der Waals surface area contributed by atoms with E-state index in [0.717, 1.165) is 0 Å². The smallest absolute Gasteiger partial charge is 0.164 e. The highest BCUT2D eigenvalue weighted by atomic mass is 35.5. The van der Waals surface area contributed by atoms with Gasteiger partial charge < -0.3 is 0 Å². The number of rotatable bonds is 3. The second-order valence-electron chi connectivity index (χ2n) is 2.15. The van der Waals surface area contributed by atoms with Crippen LogP contribution < -0.4 is 0 Å². The molecule has 1 aromatic carbocycles. The van der Waals surface area contributed by atoms with Crippen molar-refractivity contribution in [1.29, 1.82) is 0 Å². The lowest BCUT2D eigenvalue weighted by atomic mass is 10.1. The lowest BCUT2D eigenvalue weighted by molar-refractivity contribution is 0.0989. The minimum Gasteiger partial charge on any atom is -0.294 e. The van der Waals surface area contributed by atoms with Crippen LogP contribution in [-0.4, -0.2) is 11.6 Å². The number of benzene rings is 1. The lowest BCUT2D eigenvalue weighted by Gasteiger charge is -1.95. The Morgan fingerprint density at radius 3 is 2.64 bits per heavy atom. The van der Waals surface area contributed by atoms with Crippen molar-refractivity contribution in [2.45, 2.75) is 6.42 Å². The van der Waals surface area contributed by atoms with Crippen LogP contribution in [0.3, 0.4) is 0 Å². The van der Waals surface area contributed by atoms with Gasteiger partial charge in [0.2, 0.25) is 0 Å². The Morgan fingerprint density at radius 2 is 2.09 bits per heavy atom. The molecule has 1 unspecified atom stereocenters. The Kier molecular flexibility index (Phi) is 2.58. The van der Waals surface area contributed by atoms with Crippen molar-refractivity contribution in [3.63, 3.8) is 0 Å². The molecule has 0 saturated heterocycles. The summed E-state index contributed by atoms with van der Waals surface area (Å²) in [4.78, 5) is 11.3. The summed E-state index contributed by atoms with van der Waals surface area (Å²) in [5.74, 6) is -0.914. The summed E-state index contributed by atoms with van der Waals surface area (Å²) < 4.78 is 7.00. The summed E-state index contributed by atoms with van der Waals surface area (Å²) in [6.07, 6.45) is 0.0750. The molecule has 0 amide bonds. The Morgan fingerprint density at radius 1 is 1.45 bits per heavy atom. The van der Waals surface area contributed by atoms with Crippen molar-refractivity contribution in [2.75, 3.05) is 5.86 Å². The van der Waals surface area contributed by atoms with E-state index in [0.29, 0.717) is 5.56 Å². The maximum absolute atomic E-state index is 11.3. The second-order valence-corrected chi connectivity index (χ2v) is 2.46. The van der Waals surface area contributed by atoms with Crippen molar-refractivity contribution in [1.82, 2.24) is 0 Å². The minimum atomic E-state index is -0.835. The minimum absolute atomic E-state index is 0.0750. The standard InChI is InChI=1S/C9H9ClO/c10-7-6-9(11)8-4-2-1-3-5-8/h1-5H,6-7H2/i7T. The Hall–Kier alpha value is -0.820. The maximum Gasteiger partial charge on any atom is 0.164 e. The summed E-state index contributed by atoms with van der Waals surface area (Å²) >= 11 is 5.37. The van der Waals surface area contributed by atoms with Gasteiger partial charge in [0, 0.05) is 19.2 Å². The zero-order valence-corrected chi connectivity index (χ0v) is 6.71. The van der Waals surface area contributed by atoms with Gasteiger partial charge in [-0.25, -0.2) is 0 Å². The molecule has 0 heterocycles. The average molecular weight is 171 g/mol. The van der Waals surface area contributed by atoms with E-state index < -0.39 is 5.86 Å². The van der Waals surface area contributed by atoms with Gasteiger partial charge in [-0.1, -0.05) is 30.3 Å². The van der Waals surface area contributed by atoms with Crippen LogP contribution >= 0.6 is 11.6 Å². The van der Waals surface area contributed by atoms with Gasteiger partial charge >= 0.3 is 0 Å². The molecule has 1 aromatic rings. The zero-order chi connectivity index (χ0) is 8.97. The maximum atomic E-state index is 11.3. The molecule has 1 atom stereocenters. The van der Waals surface area contributed by atoms with E-state index in [9.17, 15) is 4.79 Å². The molecule has 0 aliphatic carbocycles. The van der Waals surface area contributed by atoms with Crippen LogP contribution in [0.5, 0.6) is 0 Å². The fourth-order valence-corrected chi connectivity index (χ4v) is 0.952. The highest BCUT2D eigenvalue weighted by molar-refractivity contribution is 6.19. The third-order valence-electron chi connectivity index (χ3n) is 1.36. The van der Waals surface area contributed by atoms with E-state index in [1.165, 1.54) is 0 Å². The SMILES string of the molecule is [3H]C(Cl)CC(=O)c1ccccc1. The quantitative estimate of drug-likeness (QED) is 0.503. The molecule has 0 radical (unpaired) electrons. The van der Waals surface area contributed by atoms with Gasteiger partial charge in [0.05, 0.1) is 0 Å². The summed E-state index contributed by atoms with van der Waals surface area (Å²) in [7, 11) is 0. The first-order chi connectivity index (χ1) is 5.70. The van der Waals surface area contributed by atoms with Crippen molar-refractivity contribution in [3.05, 3.63) is 35.9 Å². The monoisotopic (exact) mass is 170 g/mol. The number of hydrogen-bond donors (Lipinski definition) is 0. The molecule has 1 nitrogen and oxygen atoms in total. The van der Waals surface area contributed by atoms with Crippen LogP contribution in [0.1, 0.15) is 18.1 Å². The van der Waals surface area contributed by atoms with Crippen molar-refractivity contribution in [3.8, 4) is 0 Å². The Bertz CT molecular complexity index is 258. The van der Waals surface area contributed by atoms with E-state index >= 15 is 0 Å². The summed E-state index contributed by atoms with van der Waals surface area (Å²) in [6, 6.07) is 8.87. The first-order valence-electron chi connectivity index (χ1n) is 3.92. The summed E-state index contributed by atoms with van der Waals surface area (Å²) in [5, 5.41) is 0. The zero-order valence-electron chi connectivity index (χ0n) is 6.96. The molecule has 0 aliphatic heterocycles. The topological polar surface area (TPSA) is 17.1 Å². The Labute approximate surface area is 72.4 Å². The molecule has 58 valence electrons. The van der Waals surface area contributed by atoms with Crippen LogP contribution in [0.4, 0.5) is 0 Å². The van der Waals surface area contributed by atoms with Crippen LogP contribution in [-0.2, 0) is 0 Å². The molecular weight excluding hydrogens is 160 g/mol. The van der Waals surface area contributed by atoms with E-state index in [2.05, 4.69) is 0 Å². The number of Topliss-reactive ketones (excluding diaryl/α,β-unsaturated/α-hetero) is 1. The first-order valence-corrected chi connectivity index (χ1v) is 3.78. The number of alkyl halides is 1. The predicted octanol–water partition coefficient (Wildman–Crippen LogP) is 2.50. The molecule has 0 bridgehead atoms. The van der Waals surface area contributed by atoms with Gasteiger partial charge in [-0.2, -0.15) is 0 Å². The van der Waals surface area contributed by atoms with Crippen LogP contribution in [0.2, 0.25) is 0 Å². The Balaban J connectivity index is 2.66. The number of carbonyl (C=O) groups is 1. The fraction of sp³-hybridized carbons (Fsp3) is 0.222. The molecule has 11 heavy (non-hydrogen) atoms. The highest BCUT2D eigenvalue weighted by Crippen LogP contribution is 2.02. The van der Waals surface area contributed by atoms with Crippen LogP contribution in [0.25, 0.3) is 0 Å². The average Bonchev–Trinajstić information content (AvgIpc) is 2.05. The van der Waals surface area contributed by atoms with Gasteiger partial charge in [0.15, 0.2) is 5.78 Å². The molecule has 0 saturated carbocycles. The molecule has 0 fully saturated rings. The third-order valence-corrected chi connectivity index (χ3v) is 1.51. The third kappa shape index (κ3) is 2.35. The molecule has 0 aliphatic rings. The second kappa shape index (κ2) is 4.14. The molecule has 0 N–H and O–H groups in total. The fourth-order valence-electron chi connectivity index (χ4n) is 0.812.